The fourth-order valence-electron chi connectivity index (χ4n) is 1.71. The Balaban J connectivity index is 2.48. The topological polar surface area (TPSA) is 97.5 Å². The predicted molar refractivity (Wildman–Crippen MR) is 71.6 cm³/mol. The number of oxazole rings is 1. The number of rotatable bonds is 3. The minimum absolute atomic E-state index is 0.0239. The van der Waals surface area contributed by atoms with Gasteiger partial charge in [0.25, 0.3) is 5.22 Å². The van der Waals surface area contributed by atoms with Crippen LogP contribution in [0.1, 0.15) is 22.6 Å². The Morgan fingerprint density at radius 1 is 1.32 bits per heavy atom. The fourth-order valence-corrected chi connectivity index (χ4v) is 2.77. The first-order chi connectivity index (χ1) is 9.01. The second-order valence-corrected chi connectivity index (χ2v) is 5.06. The number of nitrogens with zero attached hydrogens (tertiary/aromatic N) is 3. The zero-order chi connectivity index (χ0) is 14.0. The molecule has 0 radical (unpaired) electrons. The van der Waals surface area contributed by atoms with Gasteiger partial charge >= 0.3 is 0 Å². The van der Waals surface area contributed by atoms with Gasteiger partial charge in [0, 0.05) is 16.3 Å². The summed E-state index contributed by atoms with van der Waals surface area (Å²) in [6, 6.07) is 1.85. The Bertz CT molecular complexity index is 637. The summed E-state index contributed by atoms with van der Waals surface area (Å²) < 4.78 is 5.30. The molecule has 2 aromatic heterocycles. The highest BCUT2D eigenvalue weighted by Gasteiger charge is 2.16. The zero-order valence-corrected chi connectivity index (χ0v) is 11.7. The maximum Gasteiger partial charge on any atom is 0.260 e. The standard InChI is InChI=1S/C12H14N4O2S/c1-6-4-9(19-12-15-7(2)5-18-12)10(8(3)14-6)11(13)16-17/h4-5,17H,1-3H3,(H2,13,16). The molecule has 0 saturated carbocycles. The molecule has 0 bridgehead atoms. The van der Waals surface area contributed by atoms with Gasteiger partial charge in [0.15, 0.2) is 5.84 Å². The van der Waals surface area contributed by atoms with Crippen LogP contribution >= 0.6 is 11.8 Å². The summed E-state index contributed by atoms with van der Waals surface area (Å²) in [5.41, 5.74) is 8.63. The molecular weight excluding hydrogens is 264 g/mol. The highest BCUT2D eigenvalue weighted by molar-refractivity contribution is 7.99. The number of oxime groups is 1. The average molecular weight is 278 g/mol. The van der Waals surface area contributed by atoms with Crippen molar-refractivity contribution in [1.29, 1.82) is 0 Å². The highest BCUT2D eigenvalue weighted by atomic mass is 32.2. The molecule has 0 spiro atoms. The van der Waals surface area contributed by atoms with E-state index in [4.69, 9.17) is 15.4 Å². The van der Waals surface area contributed by atoms with Gasteiger partial charge in [-0.1, -0.05) is 5.16 Å². The molecule has 0 unspecified atom stereocenters. The molecule has 0 aliphatic heterocycles. The van der Waals surface area contributed by atoms with Crippen LogP contribution in [-0.4, -0.2) is 21.0 Å². The number of hydrogen-bond donors (Lipinski definition) is 2. The summed E-state index contributed by atoms with van der Waals surface area (Å²) in [6.45, 7) is 5.54. The van der Waals surface area contributed by atoms with E-state index in [-0.39, 0.29) is 5.84 Å². The third-order valence-corrected chi connectivity index (χ3v) is 3.36. The van der Waals surface area contributed by atoms with E-state index in [2.05, 4.69) is 15.1 Å². The second-order valence-electron chi connectivity index (χ2n) is 4.06. The van der Waals surface area contributed by atoms with Gasteiger partial charge in [-0.2, -0.15) is 0 Å². The number of pyridine rings is 1. The maximum absolute atomic E-state index is 8.86. The SMILES string of the molecule is Cc1coc(Sc2cc(C)nc(C)c2/C(N)=N/O)n1. The predicted octanol–water partition coefficient (Wildman–Crippen LogP) is 2.24. The molecule has 0 aliphatic rings. The molecule has 0 aliphatic carbocycles. The van der Waals surface area contributed by atoms with E-state index in [1.807, 2.05) is 26.8 Å². The van der Waals surface area contributed by atoms with Gasteiger partial charge in [-0.15, -0.1) is 0 Å². The average Bonchev–Trinajstić information content (AvgIpc) is 2.73. The smallest absolute Gasteiger partial charge is 0.260 e. The number of aryl methyl sites for hydroxylation is 3. The number of hydrogen-bond acceptors (Lipinski definition) is 6. The van der Waals surface area contributed by atoms with Crippen molar-refractivity contribution in [2.75, 3.05) is 0 Å². The van der Waals surface area contributed by atoms with Crippen molar-refractivity contribution in [3.63, 3.8) is 0 Å². The molecule has 2 aromatic rings. The molecule has 6 nitrogen and oxygen atoms in total. The lowest BCUT2D eigenvalue weighted by atomic mass is 10.1. The van der Waals surface area contributed by atoms with E-state index in [0.29, 0.717) is 16.5 Å². The molecule has 0 amide bonds. The molecule has 0 saturated heterocycles. The largest absolute Gasteiger partial charge is 0.439 e. The van der Waals surface area contributed by atoms with Gasteiger partial charge in [-0.3, -0.25) is 4.98 Å². The Morgan fingerprint density at radius 2 is 2.05 bits per heavy atom. The Kier molecular flexibility index (Phi) is 3.75. The van der Waals surface area contributed by atoms with Gasteiger partial charge in [0.1, 0.15) is 6.26 Å². The molecule has 0 atom stereocenters. The van der Waals surface area contributed by atoms with Gasteiger partial charge in [-0.25, -0.2) is 4.98 Å². The summed E-state index contributed by atoms with van der Waals surface area (Å²) in [7, 11) is 0. The Morgan fingerprint density at radius 3 is 2.63 bits per heavy atom. The summed E-state index contributed by atoms with van der Waals surface area (Å²) in [5.74, 6) is 0.0239. The molecular formula is C12H14N4O2S. The van der Waals surface area contributed by atoms with E-state index in [1.165, 1.54) is 11.8 Å². The molecule has 7 heteroatoms. The maximum atomic E-state index is 8.86. The summed E-state index contributed by atoms with van der Waals surface area (Å²) in [5, 5.41) is 12.4. The highest BCUT2D eigenvalue weighted by Crippen LogP contribution is 2.31. The molecule has 19 heavy (non-hydrogen) atoms. The van der Waals surface area contributed by atoms with Crippen molar-refractivity contribution in [2.45, 2.75) is 30.9 Å². The van der Waals surface area contributed by atoms with Gasteiger partial charge in [-0.05, 0) is 38.6 Å². The first-order valence-electron chi connectivity index (χ1n) is 5.57. The van der Waals surface area contributed by atoms with Gasteiger partial charge in [0.2, 0.25) is 0 Å². The minimum Gasteiger partial charge on any atom is -0.439 e. The van der Waals surface area contributed by atoms with Gasteiger partial charge in [0.05, 0.1) is 11.3 Å². The third-order valence-electron chi connectivity index (χ3n) is 2.45. The zero-order valence-electron chi connectivity index (χ0n) is 10.8. The number of nitrogens with two attached hydrogens (primary N) is 1. The lowest BCUT2D eigenvalue weighted by molar-refractivity contribution is 0.318. The van der Waals surface area contributed by atoms with E-state index in [1.54, 1.807) is 6.26 Å². The van der Waals surface area contributed by atoms with Crippen LogP contribution in [0, 0.1) is 20.8 Å². The molecule has 0 aromatic carbocycles. The fraction of sp³-hybridized carbons (Fsp3) is 0.250. The summed E-state index contributed by atoms with van der Waals surface area (Å²) in [4.78, 5) is 9.33. The Hall–Kier alpha value is -2.02. The second kappa shape index (κ2) is 5.31. The van der Waals surface area contributed by atoms with Gasteiger partial charge < -0.3 is 15.4 Å². The van der Waals surface area contributed by atoms with Crippen LogP contribution < -0.4 is 5.73 Å². The first kappa shape index (κ1) is 13.4. The van der Waals surface area contributed by atoms with Crippen LogP contribution in [0.15, 0.2) is 32.0 Å². The molecule has 100 valence electrons. The number of amidine groups is 1. The van der Waals surface area contributed by atoms with Crippen molar-refractivity contribution >= 4 is 17.6 Å². The lowest BCUT2D eigenvalue weighted by Gasteiger charge is -2.10. The Labute approximate surface area is 114 Å². The minimum atomic E-state index is 0.0239. The molecule has 2 heterocycles. The molecule has 3 N–H and O–H groups in total. The van der Waals surface area contributed by atoms with Crippen LogP contribution in [0.4, 0.5) is 0 Å². The van der Waals surface area contributed by atoms with E-state index >= 15 is 0 Å². The van der Waals surface area contributed by atoms with Crippen LogP contribution in [0.3, 0.4) is 0 Å². The number of aromatic nitrogens is 2. The quantitative estimate of drug-likeness (QED) is 0.387. The third kappa shape index (κ3) is 2.87. The van der Waals surface area contributed by atoms with Crippen LogP contribution in [0.25, 0.3) is 0 Å². The van der Waals surface area contributed by atoms with Crippen molar-refractivity contribution in [1.82, 2.24) is 9.97 Å². The molecule has 0 fully saturated rings. The lowest BCUT2D eigenvalue weighted by Crippen LogP contribution is -2.17. The summed E-state index contributed by atoms with van der Waals surface area (Å²) in [6.07, 6.45) is 1.58. The van der Waals surface area contributed by atoms with E-state index < -0.39 is 0 Å². The van der Waals surface area contributed by atoms with E-state index in [9.17, 15) is 0 Å². The van der Waals surface area contributed by atoms with E-state index in [0.717, 1.165) is 16.3 Å². The van der Waals surface area contributed by atoms with Crippen LogP contribution in [-0.2, 0) is 0 Å². The normalized spacial score (nSPS) is 11.8. The molecule has 2 rings (SSSR count). The van der Waals surface area contributed by atoms with Crippen molar-refractivity contribution < 1.29 is 9.62 Å². The van der Waals surface area contributed by atoms with Crippen molar-refractivity contribution in [3.05, 3.63) is 35.0 Å². The summed E-state index contributed by atoms with van der Waals surface area (Å²) >= 11 is 1.32. The van der Waals surface area contributed by atoms with Crippen LogP contribution in [0.2, 0.25) is 0 Å². The van der Waals surface area contributed by atoms with Crippen molar-refractivity contribution in [3.8, 4) is 0 Å². The monoisotopic (exact) mass is 278 g/mol. The first-order valence-corrected chi connectivity index (χ1v) is 6.39. The van der Waals surface area contributed by atoms with Crippen LogP contribution in [0.5, 0.6) is 0 Å². The van der Waals surface area contributed by atoms with Crippen molar-refractivity contribution in [2.24, 2.45) is 10.9 Å².